The van der Waals surface area contributed by atoms with Gasteiger partial charge >= 0.3 is 0 Å². The lowest BCUT2D eigenvalue weighted by atomic mass is 10.1. The number of aromatic amines is 1. The molecule has 154 valence electrons. The summed E-state index contributed by atoms with van der Waals surface area (Å²) in [6, 6.07) is 7.88. The van der Waals surface area contributed by atoms with Crippen molar-refractivity contribution in [3.05, 3.63) is 60.3 Å². The van der Waals surface area contributed by atoms with Crippen LogP contribution in [0.15, 0.2) is 48.9 Å². The lowest BCUT2D eigenvalue weighted by Crippen LogP contribution is -2.21. The maximum atomic E-state index is 14.1. The molecule has 0 unspecified atom stereocenters. The van der Waals surface area contributed by atoms with E-state index in [1.807, 2.05) is 0 Å². The van der Waals surface area contributed by atoms with E-state index < -0.39 is 11.5 Å². The number of halogens is 2. The molecule has 0 saturated carbocycles. The van der Waals surface area contributed by atoms with Crippen molar-refractivity contribution in [2.75, 3.05) is 5.32 Å². The van der Waals surface area contributed by atoms with E-state index in [-0.39, 0.29) is 18.9 Å². The summed E-state index contributed by atoms with van der Waals surface area (Å²) in [4.78, 5) is 16.8. The SMILES string of the molecule is CC(C)(F)Cn1ncc2cnc(-c3[nH]ncc3NC(=O)Cc3ccccc3F)cc21. The fraction of sp³-hybridized carbons (Fsp3) is 0.238. The average Bonchev–Trinajstić information content (AvgIpc) is 3.29. The number of nitrogens with one attached hydrogen (secondary N) is 2. The van der Waals surface area contributed by atoms with Gasteiger partial charge in [0.05, 0.1) is 42.3 Å². The van der Waals surface area contributed by atoms with Gasteiger partial charge in [-0.05, 0) is 31.5 Å². The third-order valence-electron chi connectivity index (χ3n) is 4.53. The minimum Gasteiger partial charge on any atom is -0.323 e. The number of anilines is 1. The van der Waals surface area contributed by atoms with Crippen LogP contribution in [0, 0.1) is 5.82 Å². The van der Waals surface area contributed by atoms with Crippen molar-refractivity contribution in [2.24, 2.45) is 0 Å². The van der Waals surface area contributed by atoms with Crippen LogP contribution in [-0.2, 0) is 17.8 Å². The monoisotopic (exact) mass is 410 g/mol. The van der Waals surface area contributed by atoms with E-state index in [0.717, 1.165) is 5.39 Å². The van der Waals surface area contributed by atoms with Crippen molar-refractivity contribution >= 4 is 22.5 Å². The first kappa shape index (κ1) is 19.7. The number of alkyl halides is 1. The number of rotatable bonds is 6. The molecule has 0 spiro atoms. The van der Waals surface area contributed by atoms with Gasteiger partial charge < -0.3 is 5.32 Å². The van der Waals surface area contributed by atoms with Crippen LogP contribution in [0.3, 0.4) is 0 Å². The Hall–Kier alpha value is -3.62. The molecule has 0 saturated heterocycles. The molecule has 0 aliphatic rings. The van der Waals surface area contributed by atoms with Crippen LogP contribution in [0.5, 0.6) is 0 Å². The van der Waals surface area contributed by atoms with Crippen molar-refractivity contribution in [1.82, 2.24) is 25.0 Å². The molecular weight excluding hydrogens is 390 g/mol. The average molecular weight is 410 g/mol. The molecule has 0 fully saturated rings. The quantitative estimate of drug-likeness (QED) is 0.505. The van der Waals surface area contributed by atoms with Gasteiger partial charge in [-0.3, -0.25) is 19.6 Å². The summed E-state index contributed by atoms with van der Waals surface area (Å²) >= 11 is 0. The van der Waals surface area contributed by atoms with Gasteiger partial charge in [0.2, 0.25) is 5.91 Å². The lowest BCUT2D eigenvalue weighted by Gasteiger charge is -2.14. The molecule has 4 aromatic rings. The summed E-state index contributed by atoms with van der Waals surface area (Å²) in [6.45, 7) is 3.07. The third-order valence-corrected chi connectivity index (χ3v) is 4.53. The Balaban J connectivity index is 1.59. The second-order valence-electron chi connectivity index (χ2n) is 7.62. The molecule has 3 heterocycles. The fourth-order valence-corrected chi connectivity index (χ4v) is 3.18. The molecule has 3 aromatic heterocycles. The Labute approximate surface area is 171 Å². The van der Waals surface area contributed by atoms with Crippen LogP contribution in [0.4, 0.5) is 14.5 Å². The number of aromatic nitrogens is 5. The van der Waals surface area contributed by atoms with Crippen molar-refractivity contribution in [3.63, 3.8) is 0 Å². The number of H-pyrrole nitrogens is 1. The van der Waals surface area contributed by atoms with Gasteiger partial charge in [-0.25, -0.2) is 8.78 Å². The molecule has 30 heavy (non-hydrogen) atoms. The highest BCUT2D eigenvalue weighted by Gasteiger charge is 2.20. The fourth-order valence-electron chi connectivity index (χ4n) is 3.18. The van der Waals surface area contributed by atoms with Crippen LogP contribution in [-0.4, -0.2) is 36.5 Å². The predicted octanol–water partition coefficient (Wildman–Crippen LogP) is 3.89. The van der Waals surface area contributed by atoms with Crippen LogP contribution in [0.25, 0.3) is 22.3 Å². The van der Waals surface area contributed by atoms with E-state index in [4.69, 9.17) is 0 Å². The first-order valence-corrected chi connectivity index (χ1v) is 9.38. The van der Waals surface area contributed by atoms with Crippen molar-refractivity contribution in [2.45, 2.75) is 32.5 Å². The zero-order chi connectivity index (χ0) is 21.3. The second kappa shape index (κ2) is 7.66. The van der Waals surface area contributed by atoms with Gasteiger partial charge in [0.15, 0.2) is 0 Å². The van der Waals surface area contributed by atoms with E-state index in [1.54, 1.807) is 41.3 Å². The van der Waals surface area contributed by atoms with E-state index >= 15 is 0 Å². The molecule has 0 aliphatic carbocycles. The van der Waals surface area contributed by atoms with Gasteiger partial charge in [0.1, 0.15) is 17.2 Å². The number of carbonyl (C=O) groups excluding carboxylic acids is 1. The standard InChI is InChI=1S/C21H20F2N6O/c1-21(2,23)12-29-18-8-16(24-9-14(18)10-26-29)20-17(11-25-28-20)27-19(30)7-13-5-3-4-6-15(13)22/h3-6,8-11H,7,12H2,1-2H3,(H,25,28)(H,27,30). The smallest absolute Gasteiger partial charge is 0.229 e. The maximum Gasteiger partial charge on any atom is 0.229 e. The summed E-state index contributed by atoms with van der Waals surface area (Å²) in [5.41, 5.74) is 1.01. The molecule has 7 nitrogen and oxygen atoms in total. The molecule has 9 heteroatoms. The van der Waals surface area contributed by atoms with Gasteiger partial charge in [0.25, 0.3) is 0 Å². The molecule has 1 amide bonds. The minimum absolute atomic E-state index is 0.0924. The highest BCUT2D eigenvalue weighted by atomic mass is 19.1. The Morgan fingerprint density at radius 2 is 2.03 bits per heavy atom. The van der Waals surface area contributed by atoms with Crippen molar-refractivity contribution in [3.8, 4) is 11.4 Å². The predicted molar refractivity (Wildman–Crippen MR) is 109 cm³/mol. The highest BCUT2D eigenvalue weighted by molar-refractivity contribution is 5.96. The molecule has 0 atom stereocenters. The van der Waals surface area contributed by atoms with Crippen molar-refractivity contribution < 1.29 is 13.6 Å². The number of amides is 1. The Bertz CT molecular complexity index is 1210. The molecule has 1 aromatic carbocycles. The Kier molecular flexibility index (Phi) is 5.03. The van der Waals surface area contributed by atoms with Gasteiger partial charge in [-0.15, -0.1) is 0 Å². The zero-order valence-corrected chi connectivity index (χ0v) is 16.5. The number of benzene rings is 1. The summed E-state index contributed by atoms with van der Waals surface area (Å²) < 4.78 is 29.5. The van der Waals surface area contributed by atoms with Crippen LogP contribution in [0.1, 0.15) is 19.4 Å². The lowest BCUT2D eigenvalue weighted by molar-refractivity contribution is -0.115. The van der Waals surface area contributed by atoms with E-state index in [9.17, 15) is 13.6 Å². The molecule has 0 bridgehead atoms. The number of fused-ring (bicyclic) bond motifs is 1. The third kappa shape index (κ3) is 4.19. The first-order chi connectivity index (χ1) is 14.3. The minimum atomic E-state index is -1.43. The summed E-state index contributed by atoms with van der Waals surface area (Å²) in [6.07, 6.45) is 4.61. The molecular formula is C21H20F2N6O. The van der Waals surface area contributed by atoms with E-state index in [0.29, 0.717) is 28.2 Å². The molecule has 0 radical (unpaired) electrons. The summed E-state index contributed by atoms with van der Waals surface area (Å²) in [7, 11) is 0. The normalized spacial score (nSPS) is 11.7. The van der Waals surface area contributed by atoms with Gasteiger partial charge in [0, 0.05) is 11.6 Å². The van der Waals surface area contributed by atoms with Gasteiger partial charge in [-0.2, -0.15) is 10.2 Å². The van der Waals surface area contributed by atoms with Crippen molar-refractivity contribution in [1.29, 1.82) is 0 Å². The van der Waals surface area contributed by atoms with E-state index in [2.05, 4.69) is 25.6 Å². The van der Waals surface area contributed by atoms with E-state index in [1.165, 1.54) is 26.1 Å². The van der Waals surface area contributed by atoms with Crippen LogP contribution in [0.2, 0.25) is 0 Å². The molecule has 0 aliphatic heterocycles. The Morgan fingerprint density at radius 3 is 2.80 bits per heavy atom. The molecule has 2 N–H and O–H groups in total. The van der Waals surface area contributed by atoms with Gasteiger partial charge in [-0.1, -0.05) is 18.2 Å². The summed E-state index contributed by atoms with van der Waals surface area (Å²) in [5.74, 6) is -0.815. The van der Waals surface area contributed by atoms with Crippen LogP contribution >= 0.6 is 0 Å². The maximum absolute atomic E-state index is 14.1. The summed E-state index contributed by atoms with van der Waals surface area (Å²) in [5, 5.41) is 14.6. The number of hydrogen-bond donors (Lipinski definition) is 2. The first-order valence-electron chi connectivity index (χ1n) is 9.38. The topological polar surface area (TPSA) is 88.5 Å². The number of hydrogen-bond acceptors (Lipinski definition) is 4. The number of nitrogens with zero attached hydrogens (tertiary/aromatic N) is 4. The molecule has 4 rings (SSSR count). The number of carbonyl (C=O) groups is 1. The number of pyridine rings is 1. The largest absolute Gasteiger partial charge is 0.323 e. The zero-order valence-electron chi connectivity index (χ0n) is 16.5. The van der Waals surface area contributed by atoms with Crippen LogP contribution < -0.4 is 5.32 Å². The highest BCUT2D eigenvalue weighted by Crippen LogP contribution is 2.27. The second-order valence-corrected chi connectivity index (χ2v) is 7.62. The Morgan fingerprint density at radius 1 is 1.23 bits per heavy atom.